The molecule has 3 aromatic carbocycles. The highest BCUT2D eigenvalue weighted by molar-refractivity contribution is 5.95. The second-order valence-corrected chi connectivity index (χ2v) is 6.63. The van der Waals surface area contributed by atoms with E-state index in [4.69, 9.17) is 0 Å². The summed E-state index contributed by atoms with van der Waals surface area (Å²) < 4.78 is 0. The number of nitrogens with one attached hydrogen (secondary N) is 1. The first-order valence-corrected chi connectivity index (χ1v) is 8.85. The Kier molecular flexibility index (Phi) is 5.69. The maximum atomic E-state index is 12.7. The molecule has 1 N–H and O–H groups in total. The number of hydrogen-bond donors (Lipinski definition) is 1. The molecule has 6 nitrogen and oxygen atoms in total. The molecule has 0 saturated carbocycles. The minimum absolute atomic E-state index is 0.140. The van der Waals surface area contributed by atoms with Crippen LogP contribution in [0, 0.1) is 17.0 Å². The predicted molar refractivity (Wildman–Crippen MR) is 110 cm³/mol. The Morgan fingerprint density at radius 1 is 1.04 bits per heavy atom. The van der Waals surface area contributed by atoms with Gasteiger partial charge >= 0.3 is 0 Å². The van der Waals surface area contributed by atoms with Crippen LogP contribution >= 0.6 is 0 Å². The second kappa shape index (κ2) is 8.35. The van der Waals surface area contributed by atoms with Gasteiger partial charge in [0, 0.05) is 30.9 Å². The fourth-order valence-corrected chi connectivity index (χ4v) is 2.86. The van der Waals surface area contributed by atoms with Crippen molar-refractivity contribution in [3.63, 3.8) is 0 Å². The van der Waals surface area contributed by atoms with Crippen LogP contribution < -0.4 is 5.32 Å². The highest BCUT2D eigenvalue weighted by atomic mass is 16.6. The first kappa shape index (κ1) is 19.1. The number of para-hydroxylation sites is 1. The molecule has 6 heteroatoms. The standard InChI is InChI=1S/C22H21N3O3/c1-16-8-10-17(11-9-16)15-24(2)22(26)18-12-13-20(21(14-18)25(27)28)23-19-6-4-3-5-7-19/h3-14,23H,15H2,1-2H3. The van der Waals surface area contributed by atoms with Crippen molar-refractivity contribution in [3.8, 4) is 0 Å². The van der Waals surface area contributed by atoms with Crippen molar-refractivity contribution < 1.29 is 9.72 Å². The highest BCUT2D eigenvalue weighted by Crippen LogP contribution is 2.29. The van der Waals surface area contributed by atoms with Crippen LogP contribution in [0.25, 0.3) is 0 Å². The van der Waals surface area contributed by atoms with Gasteiger partial charge in [0.05, 0.1) is 4.92 Å². The fourth-order valence-electron chi connectivity index (χ4n) is 2.86. The Hall–Kier alpha value is -3.67. The van der Waals surface area contributed by atoms with Crippen molar-refractivity contribution in [2.45, 2.75) is 13.5 Å². The van der Waals surface area contributed by atoms with E-state index in [1.807, 2.05) is 61.5 Å². The number of nitrogens with zero attached hydrogens (tertiary/aromatic N) is 2. The van der Waals surface area contributed by atoms with E-state index in [0.29, 0.717) is 12.2 Å². The number of anilines is 2. The van der Waals surface area contributed by atoms with Gasteiger partial charge in [0.25, 0.3) is 11.6 Å². The van der Waals surface area contributed by atoms with Crippen LogP contribution in [0.15, 0.2) is 72.8 Å². The first-order valence-electron chi connectivity index (χ1n) is 8.85. The van der Waals surface area contributed by atoms with Crippen molar-refractivity contribution in [3.05, 3.63) is 99.6 Å². The molecule has 3 aromatic rings. The number of carbonyl (C=O) groups excluding carboxylic acids is 1. The van der Waals surface area contributed by atoms with E-state index >= 15 is 0 Å². The average molecular weight is 375 g/mol. The van der Waals surface area contributed by atoms with E-state index in [1.165, 1.54) is 6.07 Å². The largest absolute Gasteiger partial charge is 0.350 e. The van der Waals surface area contributed by atoms with Gasteiger partial charge in [-0.05, 0) is 36.8 Å². The molecule has 0 aliphatic rings. The molecule has 0 aromatic heterocycles. The van der Waals surface area contributed by atoms with Crippen molar-refractivity contribution in [2.75, 3.05) is 12.4 Å². The molecule has 0 saturated heterocycles. The topological polar surface area (TPSA) is 75.5 Å². The van der Waals surface area contributed by atoms with Gasteiger partial charge in [-0.1, -0.05) is 48.0 Å². The zero-order chi connectivity index (χ0) is 20.1. The lowest BCUT2D eigenvalue weighted by atomic mass is 10.1. The first-order chi connectivity index (χ1) is 13.4. The Bertz CT molecular complexity index is 986. The third-order valence-corrected chi connectivity index (χ3v) is 4.38. The average Bonchev–Trinajstić information content (AvgIpc) is 2.70. The van der Waals surface area contributed by atoms with Crippen molar-refractivity contribution in [2.24, 2.45) is 0 Å². The second-order valence-electron chi connectivity index (χ2n) is 6.63. The Morgan fingerprint density at radius 2 is 1.71 bits per heavy atom. The Morgan fingerprint density at radius 3 is 2.36 bits per heavy atom. The molecule has 0 aliphatic heterocycles. The summed E-state index contributed by atoms with van der Waals surface area (Å²) in [5.41, 5.74) is 3.36. The number of hydrogen-bond acceptors (Lipinski definition) is 4. The monoisotopic (exact) mass is 375 g/mol. The van der Waals surface area contributed by atoms with Crippen LogP contribution in [0.1, 0.15) is 21.5 Å². The summed E-state index contributed by atoms with van der Waals surface area (Å²) in [6, 6.07) is 21.6. The molecule has 0 unspecified atom stereocenters. The molecule has 0 fully saturated rings. The summed E-state index contributed by atoms with van der Waals surface area (Å²) in [5.74, 6) is -0.269. The van der Waals surface area contributed by atoms with E-state index in [9.17, 15) is 14.9 Å². The Balaban J connectivity index is 1.81. The third kappa shape index (κ3) is 4.54. The summed E-state index contributed by atoms with van der Waals surface area (Å²) in [4.78, 5) is 25.3. The van der Waals surface area contributed by atoms with Gasteiger partial charge in [0.15, 0.2) is 0 Å². The van der Waals surface area contributed by atoms with Crippen molar-refractivity contribution in [1.29, 1.82) is 0 Å². The fraction of sp³-hybridized carbons (Fsp3) is 0.136. The van der Waals surface area contributed by atoms with E-state index in [0.717, 1.165) is 16.8 Å². The van der Waals surface area contributed by atoms with E-state index in [2.05, 4.69) is 5.32 Å². The van der Waals surface area contributed by atoms with Gasteiger partial charge in [0.1, 0.15) is 5.69 Å². The molecule has 0 atom stereocenters. The lowest BCUT2D eigenvalue weighted by molar-refractivity contribution is -0.383. The molecule has 28 heavy (non-hydrogen) atoms. The molecule has 0 bridgehead atoms. The zero-order valence-corrected chi connectivity index (χ0v) is 15.8. The molecular weight excluding hydrogens is 354 g/mol. The maximum absolute atomic E-state index is 12.7. The molecule has 0 radical (unpaired) electrons. The maximum Gasteiger partial charge on any atom is 0.293 e. The van der Waals surface area contributed by atoms with Crippen LogP contribution in [0.3, 0.4) is 0 Å². The summed E-state index contributed by atoms with van der Waals surface area (Å²) in [6.07, 6.45) is 0. The lowest BCUT2D eigenvalue weighted by Gasteiger charge is -2.18. The number of amides is 1. The molecule has 3 rings (SSSR count). The van der Waals surface area contributed by atoms with E-state index in [-0.39, 0.29) is 17.2 Å². The summed E-state index contributed by atoms with van der Waals surface area (Å²) >= 11 is 0. The predicted octanol–water partition coefficient (Wildman–Crippen LogP) is 4.92. The lowest BCUT2D eigenvalue weighted by Crippen LogP contribution is -2.26. The molecule has 142 valence electrons. The minimum Gasteiger partial charge on any atom is -0.350 e. The molecule has 0 aliphatic carbocycles. The normalized spacial score (nSPS) is 10.4. The summed E-state index contributed by atoms with van der Waals surface area (Å²) in [7, 11) is 1.68. The van der Waals surface area contributed by atoms with Crippen LogP contribution in [-0.4, -0.2) is 22.8 Å². The SMILES string of the molecule is Cc1ccc(CN(C)C(=O)c2ccc(Nc3ccccc3)c([N+](=O)[O-])c2)cc1. The molecule has 0 heterocycles. The van der Waals surface area contributed by atoms with E-state index < -0.39 is 4.92 Å². The van der Waals surface area contributed by atoms with Gasteiger partial charge in [-0.3, -0.25) is 14.9 Å². The van der Waals surface area contributed by atoms with Crippen LogP contribution in [0.5, 0.6) is 0 Å². The third-order valence-electron chi connectivity index (χ3n) is 4.38. The van der Waals surface area contributed by atoms with Gasteiger partial charge < -0.3 is 10.2 Å². The van der Waals surface area contributed by atoms with Gasteiger partial charge in [-0.15, -0.1) is 0 Å². The van der Waals surface area contributed by atoms with Crippen LogP contribution in [0.4, 0.5) is 17.1 Å². The van der Waals surface area contributed by atoms with Gasteiger partial charge in [-0.2, -0.15) is 0 Å². The number of benzene rings is 3. The number of rotatable bonds is 6. The summed E-state index contributed by atoms with van der Waals surface area (Å²) in [5, 5.41) is 14.5. The van der Waals surface area contributed by atoms with Crippen LogP contribution in [0.2, 0.25) is 0 Å². The Labute approximate surface area is 163 Å². The molecule has 1 amide bonds. The van der Waals surface area contributed by atoms with Crippen molar-refractivity contribution >= 4 is 23.0 Å². The summed E-state index contributed by atoms with van der Waals surface area (Å²) in [6.45, 7) is 2.43. The smallest absolute Gasteiger partial charge is 0.293 e. The quantitative estimate of drug-likeness (QED) is 0.490. The van der Waals surface area contributed by atoms with Gasteiger partial charge in [0.2, 0.25) is 0 Å². The number of nitro groups is 1. The molecule has 0 spiro atoms. The zero-order valence-electron chi connectivity index (χ0n) is 15.8. The van der Waals surface area contributed by atoms with E-state index in [1.54, 1.807) is 24.1 Å². The van der Waals surface area contributed by atoms with Crippen molar-refractivity contribution in [1.82, 2.24) is 4.90 Å². The van der Waals surface area contributed by atoms with Crippen LogP contribution in [-0.2, 0) is 6.54 Å². The van der Waals surface area contributed by atoms with Gasteiger partial charge in [-0.25, -0.2) is 0 Å². The number of carbonyl (C=O) groups is 1. The highest BCUT2D eigenvalue weighted by Gasteiger charge is 2.20. The number of nitro benzene ring substituents is 1. The number of aryl methyl sites for hydroxylation is 1. The molecular formula is C22H21N3O3. The minimum atomic E-state index is -0.484.